The summed E-state index contributed by atoms with van der Waals surface area (Å²) in [6.45, 7) is 1.88. The van der Waals surface area contributed by atoms with Crippen LogP contribution in [-0.4, -0.2) is 20.3 Å². The van der Waals surface area contributed by atoms with Gasteiger partial charge in [0, 0.05) is 18.2 Å². The van der Waals surface area contributed by atoms with Crippen LogP contribution in [0, 0.1) is 6.92 Å². The summed E-state index contributed by atoms with van der Waals surface area (Å²) >= 11 is 1.54. The number of thioether (sulfide) groups is 1. The minimum absolute atomic E-state index is 0.708. The summed E-state index contributed by atoms with van der Waals surface area (Å²) in [6, 6.07) is 12.1. The number of aromatic nitrogens is 4. The van der Waals surface area contributed by atoms with Crippen molar-refractivity contribution in [3.63, 3.8) is 0 Å². The number of hydrogen-bond donors (Lipinski definition) is 1. The Bertz CT molecular complexity index is 677. The Morgan fingerprint density at radius 3 is 2.85 bits per heavy atom. The fourth-order valence-corrected chi connectivity index (χ4v) is 2.53. The molecule has 0 saturated carbocycles. The lowest BCUT2D eigenvalue weighted by molar-refractivity contribution is 0.393. The highest BCUT2D eigenvalue weighted by Gasteiger charge is 2.07. The van der Waals surface area contributed by atoms with Crippen molar-refractivity contribution >= 4 is 11.8 Å². The van der Waals surface area contributed by atoms with Gasteiger partial charge in [-0.05, 0) is 12.5 Å². The van der Waals surface area contributed by atoms with Crippen molar-refractivity contribution in [1.29, 1.82) is 0 Å². The molecule has 0 aliphatic rings. The van der Waals surface area contributed by atoms with Crippen LogP contribution in [0.25, 0.3) is 0 Å². The van der Waals surface area contributed by atoms with Crippen molar-refractivity contribution in [3.05, 3.63) is 59.2 Å². The molecule has 0 aliphatic heterocycles. The molecule has 20 heavy (non-hydrogen) atoms. The number of nitrogens with zero attached hydrogens (tertiary/aromatic N) is 3. The Balaban J connectivity index is 1.59. The zero-order chi connectivity index (χ0) is 13.8. The third-order valence-electron chi connectivity index (χ3n) is 2.75. The van der Waals surface area contributed by atoms with E-state index in [0.717, 1.165) is 28.9 Å². The summed E-state index contributed by atoms with van der Waals surface area (Å²) in [7, 11) is 0. The molecule has 2 aromatic heterocycles. The summed E-state index contributed by atoms with van der Waals surface area (Å²) in [6.07, 6.45) is 0.761. The second-order valence-corrected chi connectivity index (χ2v) is 5.39. The second kappa shape index (κ2) is 5.92. The van der Waals surface area contributed by atoms with Gasteiger partial charge in [-0.2, -0.15) is 0 Å². The van der Waals surface area contributed by atoms with E-state index in [2.05, 4.69) is 32.5 Å². The molecule has 0 fully saturated rings. The lowest BCUT2D eigenvalue weighted by atomic mass is 10.1. The van der Waals surface area contributed by atoms with Crippen LogP contribution in [0.5, 0.6) is 0 Å². The summed E-state index contributed by atoms with van der Waals surface area (Å²) in [4.78, 5) is 4.47. The highest BCUT2D eigenvalue weighted by molar-refractivity contribution is 7.98. The first kappa shape index (κ1) is 12.9. The first-order chi connectivity index (χ1) is 9.79. The van der Waals surface area contributed by atoms with E-state index >= 15 is 0 Å². The van der Waals surface area contributed by atoms with Crippen molar-refractivity contribution in [1.82, 2.24) is 20.3 Å². The molecular formula is C14H14N4OS. The van der Waals surface area contributed by atoms with E-state index < -0.39 is 0 Å². The fraction of sp³-hybridized carbons (Fsp3) is 0.214. The van der Waals surface area contributed by atoms with E-state index in [-0.39, 0.29) is 0 Å². The predicted molar refractivity (Wildman–Crippen MR) is 76.4 cm³/mol. The molecule has 5 nitrogen and oxygen atoms in total. The molecule has 1 N–H and O–H groups in total. The third kappa shape index (κ3) is 3.27. The molecular weight excluding hydrogens is 272 g/mol. The second-order valence-electron chi connectivity index (χ2n) is 4.44. The van der Waals surface area contributed by atoms with Crippen molar-refractivity contribution in [2.75, 3.05) is 0 Å². The molecule has 0 radical (unpaired) electrons. The van der Waals surface area contributed by atoms with Gasteiger partial charge in [-0.3, -0.25) is 5.10 Å². The van der Waals surface area contributed by atoms with Crippen molar-refractivity contribution in [2.45, 2.75) is 24.3 Å². The number of hydrogen-bond acceptors (Lipinski definition) is 5. The maximum atomic E-state index is 5.03. The first-order valence-corrected chi connectivity index (χ1v) is 7.28. The standard InChI is InChI=1S/C14H14N4OS/c1-10-7-12(18-19-10)9-20-14-15-13(16-17-14)8-11-5-3-2-4-6-11/h2-7H,8-9H2,1H3,(H,15,16,17). The summed E-state index contributed by atoms with van der Waals surface area (Å²) in [5.41, 5.74) is 2.12. The van der Waals surface area contributed by atoms with Crippen LogP contribution in [0.2, 0.25) is 0 Å². The maximum Gasteiger partial charge on any atom is 0.208 e. The van der Waals surface area contributed by atoms with Gasteiger partial charge < -0.3 is 4.52 Å². The van der Waals surface area contributed by atoms with Gasteiger partial charge in [0.2, 0.25) is 5.16 Å². The zero-order valence-corrected chi connectivity index (χ0v) is 11.9. The number of H-pyrrole nitrogens is 1. The van der Waals surface area contributed by atoms with Crippen LogP contribution in [0.15, 0.2) is 46.1 Å². The lowest BCUT2D eigenvalue weighted by Crippen LogP contribution is -1.90. The van der Waals surface area contributed by atoms with Crippen LogP contribution in [0.4, 0.5) is 0 Å². The molecule has 0 bridgehead atoms. The van der Waals surface area contributed by atoms with Gasteiger partial charge in [0.25, 0.3) is 0 Å². The largest absolute Gasteiger partial charge is 0.361 e. The fourth-order valence-electron chi connectivity index (χ4n) is 1.84. The molecule has 0 aliphatic carbocycles. The van der Waals surface area contributed by atoms with Gasteiger partial charge in [0.15, 0.2) is 0 Å². The monoisotopic (exact) mass is 286 g/mol. The Morgan fingerprint density at radius 2 is 2.10 bits per heavy atom. The van der Waals surface area contributed by atoms with Crippen molar-refractivity contribution in [3.8, 4) is 0 Å². The number of benzene rings is 1. The van der Waals surface area contributed by atoms with E-state index in [1.807, 2.05) is 31.2 Å². The van der Waals surface area contributed by atoms with Crippen molar-refractivity contribution in [2.24, 2.45) is 0 Å². The quantitative estimate of drug-likeness (QED) is 0.730. The van der Waals surface area contributed by atoms with Crippen LogP contribution < -0.4 is 0 Å². The van der Waals surface area contributed by atoms with Crippen LogP contribution >= 0.6 is 11.8 Å². The van der Waals surface area contributed by atoms with Crippen LogP contribution in [0.1, 0.15) is 22.8 Å². The van der Waals surface area contributed by atoms with Crippen LogP contribution in [0.3, 0.4) is 0 Å². The van der Waals surface area contributed by atoms with Gasteiger partial charge in [-0.15, -0.1) is 5.10 Å². The highest BCUT2D eigenvalue weighted by Crippen LogP contribution is 2.19. The van der Waals surface area contributed by atoms with E-state index in [4.69, 9.17) is 4.52 Å². The average molecular weight is 286 g/mol. The molecule has 0 spiro atoms. The van der Waals surface area contributed by atoms with Gasteiger partial charge in [-0.1, -0.05) is 47.3 Å². The highest BCUT2D eigenvalue weighted by atomic mass is 32.2. The maximum absolute atomic E-state index is 5.03. The number of nitrogens with one attached hydrogen (secondary N) is 1. The zero-order valence-electron chi connectivity index (χ0n) is 11.0. The molecule has 2 heterocycles. The minimum Gasteiger partial charge on any atom is -0.361 e. The molecule has 3 rings (SSSR count). The van der Waals surface area contributed by atoms with Crippen LogP contribution in [-0.2, 0) is 12.2 Å². The molecule has 102 valence electrons. The van der Waals surface area contributed by atoms with E-state index in [9.17, 15) is 0 Å². The molecule has 0 unspecified atom stereocenters. The van der Waals surface area contributed by atoms with Gasteiger partial charge in [-0.25, -0.2) is 4.98 Å². The van der Waals surface area contributed by atoms with Gasteiger partial charge in [0.1, 0.15) is 11.6 Å². The molecule has 3 aromatic rings. The molecule has 1 aromatic carbocycles. The first-order valence-electron chi connectivity index (χ1n) is 6.30. The molecule has 0 saturated heterocycles. The smallest absolute Gasteiger partial charge is 0.208 e. The topological polar surface area (TPSA) is 67.6 Å². The third-order valence-corrected chi connectivity index (χ3v) is 3.63. The molecule has 0 atom stereocenters. The van der Waals surface area contributed by atoms with E-state index in [0.29, 0.717) is 5.75 Å². The molecule has 6 heteroatoms. The Morgan fingerprint density at radius 1 is 1.25 bits per heavy atom. The normalized spacial score (nSPS) is 10.8. The number of aryl methyl sites for hydroxylation is 1. The summed E-state index contributed by atoms with van der Waals surface area (Å²) in [5, 5.41) is 11.8. The Hall–Kier alpha value is -2.08. The predicted octanol–water partition coefficient (Wildman–Crippen LogP) is 2.98. The number of aromatic amines is 1. The molecule has 0 amide bonds. The van der Waals surface area contributed by atoms with E-state index in [1.165, 1.54) is 5.56 Å². The van der Waals surface area contributed by atoms with Gasteiger partial charge >= 0.3 is 0 Å². The van der Waals surface area contributed by atoms with Gasteiger partial charge in [0.05, 0.1) is 5.69 Å². The Labute approximate surface area is 120 Å². The lowest BCUT2D eigenvalue weighted by Gasteiger charge is -1.95. The SMILES string of the molecule is Cc1cc(CSc2n[nH]c(Cc3ccccc3)n2)no1. The minimum atomic E-state index is 0.708. The van der Waals surface area contributed by atoms with Crippen molar-refractivity contribution < 1.29 is 4.52 Å². The summed E-state index contributed by atoms with van der Waals surface area (Å²) in [5.74, 6) is 2.40. The van der Waals surface area contributed by atoms with E-state index in [1.54, 1.807) is 11.8 Å². The number of rotatable bonds is 5. The summed E-state index contributed by atoms with van der Waals surface area (Å²) < 4.78 is 5.03. The Kier molecular flexibility index (Phi) is 3.83. The average Bonchev–Trinajstić information content (AvgIpc) is 3.07.